The number of halogens is 1. The van der Waals surface area contributed by atoms with E-state index in [1.165, 1.54) is 0 Å². The highest BCUT2D eigenvalue weighted by atomic mass is 127. The molecule has 0 aliphatic heterocycles. The lowest BCUT2D eigenvalue weighted by Crippen LogP contribution is -2.59. The van der Waals surface area contributed by atoms with Crippen LogP contribution in [0.2, 0.25) is 13.1 Å². The third kappa shape index (κ3) is 3.98. The van der Waals surface area contributed by atoms with Gasteiger partial charge in [0.25, 0.3) is 0 Å². The van der Waals surface area contributed by atoms with Crippen molar-refractivity contribution in [3.63, 3.8) is 0 Å². The Morgan fingerprint density at radius 1 is 1.20 bits per heavy atom. The van der Waals surface area contributed by atoms with Gasteiger partial charge in [-0.3, -0.25) is 0 Å². The van der Waals surface area contributed by atoms with Gasteiger partial charge in [0.15, 0.2) is 0 Å². The molecule has 0 aromatic carbocycles. The number of alkyl halides is 1. The Kier molecular flexibility index (Phi) is 5.78. The van der Waals surface area contributed by atoms with Crippen molar-refractivity contribution in [3.8, 4) is 0 Å². The second kappa shape index (κ2) is 5.47. The molecule has 0 aromatic rings. The molecule has 0 aliphatic rings. The molecule has 0 heterocycles. The molecule has 0 fully saturated rings. The lowest BCUT2D eigenvalue weighted by Gasteiger charge is -2.44. The maximum Gasteiger partial charge on any atom is 0.218 e. The molecular formula is C11H25IO2Si. The predicted molar refractivity (Wildman–Crippen MR) is 77.2 cm³/mol. The van der Waals surface area contributed by atoms with Gasteiger partial charge in [0, 0.05) is 11.5 Å². The van der Waals surface area contributed by atoms with E-state index >= 15 is 0 Å². The second-order valence-electron chi connectivity index (χ2n) is 5.29. The van der Waals surface area contributed by atoms with Crippen molar-refractivity contribution in [2.24, 2.45) is 0 Å². The van der Waals surface area contributed by atoms with Crippen molar-refractivity contribution in [2.45, 2.75) is 58.0 Å². The largest absolute Gasteiger partial charge is 0.409 e. The van der Waals surface area contributed by atoms with E-state index in [1.54, 1.807) is 7.11 Å². The molecule has 0 rings (SSSR count). The number of methoxy groups -OCH3 is 1. The first-order chi connectivity index (χ1) is 6.64. The Balaban J connectivity index is 4.81. The Morgan fingerprint density at radius 3 is 1.93 bits per heavy atom. The van der Waals surface area contributed by atoms with Crippen molar-refractivity contribution in [1.82, 2.24) is 0 Å². The van der Waals surface area contributed by atoms with Gasteiger partial charge in [0.05, 0.1) is 10.8 Å². The lowest BCUT2D eigenvalue weighted by atomic mass is 10.2. The first-order valence-electron chi connectivity index (χ1n) is 5.45. The van der Waals surface area contributed by atoms with Crippen LogP contribution in [0.1, 0.15) is 34.1 Å². The van der Waals surface area contributed by atoms with Crippen LogP contribution in [0.25, 0.3) is 0 Å². The van der Waals surface area contributed by atoms with E-state index < -0.39 is 8.32 Å². The maximum absolute atomic E-state index is 6.33. The highest BCUT2D eigenvalue weighted by Gasteiger charge is 2.46. The summed E-state index contributed by atoms with van der Waals surface area (Å²) >= 11 is 2.38. The molecule has 92 valence electrons. The predicted octanol–water partition coefficient (Wildman–Crippen LogP) is 3.78. The number of ether oxygens (including phenoxy) is 1. The van der Waals surface area contributed by atoms with E-state index in [0.717, 1.165) is 10.8 Å². The molecule has 0 N–H and O–H groups in total. The van der Waals surface area contributed by atoms with Crippen molar-refractivity contribution in [3.05, 3.63) is 0 Å². The topological polar surface area (TPSA) is 18.5 Å². The summed E-state index contributed by atoms with van der Waals surface area (Å²) < 4.78 is 13.0. The molecule has 0 saturated carbocycles. The summed E-state index contributed by atoms with van der Waals surface area (Å²) in [6.45, 7) is 13.1. The van der Waals surface area contributed by atoms with Gasteiger partial charge in [-0.1, -0.05) is 29.5 Å². The first kappa shape index (κ1) is 15.9. The van der Waals surface area contributed by atoms with Crippen molar-refractivity contribution in [2.75, 3.05) is 11.5 Å². The van der Waals surface area contributed by atoms with Gasteiger partial charge in [-0.15, -0.1) is 0 Å². The summed E-state index contributed by atoms with van der Waals surface area (Å²) in [5, 5.41) is -0.101. The monoisotopic (exact) mass is 344 g/mol. The van der Waals surface area contributed by atoms with E-state index in [1.807, 2.05) is 0 Å². The third-order valence-electron chi connectivity index (χ3n) is 3.25. The fraction of sp³-hybridized carbons (Fsp3) is 1.00. The highest BCUT2D eigenvalue weighted by Crippen LogP contribution is 2.32. The molecule has 0 aromatic heterocycles. The summed E-state index contributed by atoms with van der Waals surface area (Å²) in [7, 11) is -0.0501. The Morgan fingerprint density at radius 2 is 1.67 bits per heavy atom. The van der Waals surface area contributed by atoms with Crippen LogP contribution in [0, 0.1) is 0 Å². The van der Waals surface area contributed by atoms with Crippen LogP contribution in [-0.2, 0) is 9.16 Å². The minimum atomic E-state index is -1.84. The van der Waals surface area contributed by atoms with Gasteiger partial charge in [-0.25, -0.2) is 0 Å². The van der Waals surface area contributed by atoms with Crippen LogP contribution < -0.4 is 0 Å². The summed E-state index contributed by atoms with van der Waals surface area (Å²) in [5.74, 6) is 0. The standard InChI is InChI=1S/C11H25IO2Si/c1-8-11(4,13-5)15(6,7)14-10(2,3)9-12/h8-9H2,1-7H3. The van der Waals surface area contributed by atoms with E-state index in [-0.39, 0.29) is 10.8 Å². The second-order valence-corrected chi connectivity index (χ2v) is 10.3. The zero-order valence-corrected chi connectivity index (χ0v) is 14.3. The van der Waals surface area contributed by atoms with Crippen LogP contribution in [0.4, 0.5) is 0 Å². The molecule has 1 unspecified atom stereocenters. The zero-order valence-electron chi connectivity index (χ0n) is 11.1. The lowest BCUT2D eigenvalue weighted by molar-refractivity contribution is 0.0219. The van der Waals surface area contributed by atoms with Crippen molar-refractivity contribution >= 4 is 30.9 Å². The number of hydrogen-bond donors (Lipinski definition) is 0. The van der Waals surface area contributed by atoms with Gasteiger partial charge in [-0.05, 0) is 40.3 Å². The summed E-state index contributed by atoms with van der Waals surface area (Å²) in [6.07, 6.45) is 1.00. The minimum Gasteiger partial charge on any atom is -0.409 e. The van der Waals surface area contributed by atoms with Crippen LogP contribution in [0.3, 0.4) is 0 Å². The van der Waals surface area contributed by atoms with Crippen molar-refractivity contribution < 1.29 is 9.16 Å². The normalized spacial score (nSPS) is 17.6. The molecule has 0 bridgehead atoms. The number of rotatable bonds is 6. The van der Waals surface area contributed by atoms with Gasteiger partial charge < -0.3 is 9.16 Å². The molecule has 2 nitrogen and oxygen atoms in total. The molecule has 0 saturated heterocycles. The van der Waals surface area contributed by atoms with Crippen molar-refractivity contribution in [1.29, 1.82) is 0 Å². The summed E-state index contributed by atoms with van der Waals surface area (Å²) in [4.78, 5) is 0. The number of hydrogen-bond acceptors (Lipinski definition) is 2. The summed E-state index contributed by atoms with van der Waals surface area (Å²) in [6, 6.07) is 0. The minimum absolute atomic E-state index is 0.0504. The molecule has 0 aliphatic carbocycles. The SMILES string of the molecule is CCC(C)(OC)[Si](C)(C)OC(C)(C)CI. The Labute approximate surface area is 109 Å². The Hall–Kier alpha value is 0.867. The molecular weight excluding hydrogens is 319 g/mol. The van der Waals surface area contributed by atoms with Crippen LogP contribution in [0.15, 0.2) is 0 Å². The summed E-state index contributed by atoms with van der Waals surface area (Å²) in [5.41, 5.74) is -0.0504. The smallest absolute Gasteiger partial charge is 0.218 e. The first-order valence-corrected chi connectivity index (χ1v) is 9.89. The highest BCUT2D eigenvalue weighted by molar-refractivity contribution is 14.1. The van der Waals surface area contributed by atoms with Gasteiger partial charge in [0.1, 0.15) is 0 Å². The average Bonchev–Trinajstić information content (AvgIpc) is 2.14. The molecule has 0 spiro atoms. The quantitative estimate of drug-likeness (QED) is 0.415. The fourth-order valence-electron chi connectivity index (χ4n) is 1.64. The van der Waals surface area contributed by atoms with E-state index in [0.29, 0.717) is 0 Å². The molecule has 4 heteroatoms. The van der Waals surface area contributed by atoms with Gasteiger partial charge in [-0.2, -0.15) is 0 Å². The van der Waals surface area contributed by atoms with Gasteiger partial charge in [0.2, 0.25) is 8.32 Å². The molecule has 0 amide bonds. The molecule has 0 radical (unpaired) electrons. The Bertz CT molecular complexity index is 201. The third-order valence-corrected chi connectivity index (χ3v) is 9.26. The van der Waals surface area contributed by atoms with Crippen LogP contribution in [0.5, 0.6) is 0 Å². The van der Waals surface area contributed by atoms with Gasteiger partial charge >= 0.3 is 0 Å². The fourth-order valence-corrected chi connectivity index (χ4v) is 5.10. The average molecular weight is 344 g/mol. The molecule has 15 heavy (non-hydrogen) atoms. The maximum atomic E-state index is 6.33. The zero-order chi connectivity index (χ0) is 12.3. The van der Waals surface area contributed by atoms with Crippen LogP contribution in [-0.4, -0.2) is 30.7 Å². The van der Waals surface area contributed by atoms with E-state index in [9.17, 15) is 0 Å². The molecule has 1 atom stereocenters. The van der Waals surface area contributed by atoms with Crippen LogP contribution >= 0.6 is 22.6 Å². The van der Waals surface area contributed by atoms with E-state index in [2.05, 4.69) is 63.4 Å². The van der Waals surface area contributed by atoms with E-state index in [4.69, 9.17) is 9.16 Å².